The van der Waals surface area contributed by atoms with Crippen molar-refractivity contribution in [3.8, 4) is 11.4 Å². The van der Waals surface area contributed by atoms with Gasteiger partial charge in [0.15, 0.2) is 0 Å². The summed E-state index contributed by atoms with van der Waals surface area (Å²) in [6, 6.07) is 8.61. The molecule has 9 heteroatoms. The van der Waals surface area contributed by atoms with Gasteiger partial charge in [-0.1, -0.05) is 5.16 Å². The van der Waals surface area contributed by atoms with Crippen LogP contribution >= 0.6 is 0 Å². The number of nitrogens with zero attached hydrogens (tertiary/aromatic N) is 4. The summed E-state index contributed by atoms with van der Waals surface area (Å²) in [5, 5.41) is 10.9. The van der Waals surface area contributed by atoms with Gasteiger partial charge in [0, 0.05) is 30.6 Å². The highest BCUT2D eigenvalue weighted by atomic mass is 19.1. The van der Waals surface area contributed by atoms with E-state index in [1.165, 1.54) is 24.4 Å². The predicted molar refractivity (Wildman–Crippen MR) is 102 cm³/mol. The quantitative estimate of drug-likeness (QED) is 0.534. The molecule has 1 amide bonds. The highest BCUT2D eigenvalue weighted by Gasteiger charge is 2.18. The first-order valence-corrected chi connectivity index (χ1v) is 9.07. The average Bonchev–Trinajstić information content (AvgIpc) is 3.39. The van der Waals surface area contributed by atoms with Gasteiger partial charge in [-0.2, -0.15) is 10.1 Å². The molecule has 0 bridgehead atoms. The first kappa shape index (κ1) is 18.7. The van der Waals surface area contributed by atoms with Crippen molar-refractivity contribution in [2.75, 3.05) is 11.4 Å². The fourth-order valence-electron chi connectivity index (χ4n) is 3.13. The largest absolute Gasteiger partial charge is 0.339 e. The monoisotopic (exact) mass is 397 g/mol. The standard InChI is InChI=1S/C20H17F2N5O2/c1-2-27(13-5-3-12(21)4-6-13)18(28)10-9-17-24-20(26-29-17)14-7-8-16(22)15-11-23-25-19(14)15/h3-8,11H,2,9-10H2,1H3,(H,23,25). The van der Waals surface area contributed by atoms with Crippen LogP contribution in [0.25, 0.3) is 22.3 Å². The molecular weight excluding hydrogens is 380 g/mol. The Balaban J connectivity index is 1.47. The van der Waals surface area contributed by atoms with E-state index >= 15 is 0 Å². The number of carbonyl (C=O) groups excluding carboxylic acids is 1. The molecular formula is C20H17F2N5O2. The molecule has 0 aliphatic carbocycles. The number of aryl methyl sites for hydroxylation is 1. The molecule has 4 rings (SSSR count). The third-order valence-electron chi connectivity index (χ3n) is 4.58. The maximum atomic E-state index is 13.8. The molecule has 0 radical (unpaired) electrons. The molecule has 4 aromatic rings. The van der Waals surface area contributed by atoms with Gasteiger partial charge in [0.1, 0.15) is 11.6 Å². The Bertz CT molecular complexity index is 1150. The van der Waals surface area contributed by atoms with E-state index in [0.717, 1.165) is 0 Å². The number of carbonyl (C=O) groups is 1. The lowest BCUT2D eigenvalue weighted by molar-refractivity contribution is -0.118. The van der Waals surface area contributed by atoms with Crippen LogP contribution < -0.4 is 4.90 Å². The summed E-state index contributed by atoms with van der Waals surface area (Å²) in [7, 11) is 0. The SMILES string of the molecule is CCN(C(=O)CCc1nc(-c2ccc(F)c3cn[nH]c23)no1)c1ccc(F)cc1. The molecule has 1 N–H and O–H groups in total. The number of aromatic amines is 1. The number of H-pyrrole nitrogens is 1. The fraction of sp³-hybridized carbons (Fsp3) is 0.200. The molecule has 29 heavy (non-hydrogen) atoms. The molecule has 148 valence electrons. The van der Waals surface area contributed by atoms with Gasteiger partial charge in [0.25, 0.3) is 0 Å². The number of hydrogen-bond donors (Lipinski definition) is 1. The first-order valence-electron chi connectivity index (χ1n) is 9.07. The van der Waals surface area contributed by atoms with Crippen molar-refractivity contribution >= 4 is 22.5 Å². The Morgan fingerprint density at radius 1 is 1.17 bits per heavy atom. The highest BCUT2D eigenvalue weighted by molar-refractivity contribution is 5.93. The van der Waals surface area contributed by atoms with E-state index in [9.17, 15) is 13.6 Å². The molecule has 0 spiro atoms. The second-order valence-corrected chi connectivity index (χ2v) is 6.38. The Morgan fingerprint density at radius 2 is 1.97 bits per heavy atom. The lowest BCUT2D eigenvalue weighted by Gasteiger charge is -2.20. The van der Waals surface area contributed by atoms with Crippen molar-refractivity contribution in [2.24, 2.45) is 0 Å². The van der Waals surface area contributed by atoms with Crippen LogP contribution in [-0.2, 0) is 11.2 Å². The van der Waals surface area contributed by atoms with E-state index < -0.39 is 5.82 Å². The van der Waals surface area contributed by atoms with E-state index in [0.29, 0.717) is 34.6 Å². The van der Waals surface area contributed by atoms with Crippen LogP contribution in [0.1, 0.15) is 19.2 Å². The Kier molecular flexibility index (Phi) is 5.03. The molecule has 0 fully saturated rings. The molecule has 0 unspecified atom stereocenters. The van der Waals surface area contributed by atoms with Crippen molar-refractivity contribution in [1.82, 2.24) is 20.3 Å². The highest BCUT2D eigenvalue weighted by Crippen LogP contribution is 2.27. The summed E-state index contributed by atoms with van der Waals surface area (Å²) in [6.07, 6.45) is 1.79. The van der Waals surface area contributed by atoms with Gasteiger partial charge >= 0.3 is 0 Å². The first-order chi connectivity index (χ1) is 14.1. The maximum absolute atomic E-state index is 13.8. The van der Waals surface area contributed by atoms with E-state index in [1.54, 1.807) is 23.1 Å². The number of nitrogens with one attached hydrogen (secondary N) is 1. The average molecular weight is 397 g/mol. The molecule has 0 atom stereocenters. The zero-order valence-electron chi connectivity index (χ0n) is 15.5. The summed E-state index contributed by atoms with van der Waals surface area (Å²) in [4.78, 5) is 18.4. The Hall–Kier alpha value is -3.62. The van der Waals surface area contributed by atoms with Crippen LogP contribution in [0, 0.1) is 11.6 Å². The molecule has 0 saturated heterocycles. The van der Waals surface area contributed by atoms with Gasteiger partial charge in [-0.25, -0.2) is 8.78 Å². The summed E-state index contributed by atoms with van der Waals surface area (Å²) in [5.74, 6) is -0.320. The van der Waals surface area contributed by atoms with Crippen molar-refractivity contribution in [1.29, 1.82) is 0 Å². The number of fused-ring (bicyclic) bond motifs is 1. The molecule has 2 heterocycles. The lowest BCUT2D eigenvalue weighted by atomic mass is 10.1. The van der Waals surface area contributed by atoms with Crippen molar-refractivity contribution in [3.63, 3.8) is 0 Å². The summed E-state index contributed by atoms with van der Waals surface area (Å²) < 4.78 is 32.2. The van der Waals surface area contributed by atoms with E-state index in [1.807, 2.05) is 6.92 Å². The number of benzene rings is 2. The van der Waals surface area contributed by atoms with Crippen LogP contribution in [0.15, 0.2) is 47.1 Å². The zero-order chi connectivity index (χ0) is 20.4. The third kappa shape index (κ3) is 3.71. The van der Waals surface area contributed by atoms with Crippen molar-refractivity contribution < 1.29 is 18.1 Å². The molecule has 7 nitrogen and oxygen atoms in total. The van der Waals surface area contributed by atoms with Crippen LogP contribution in [0.4, 0.5) is 14.5 Å². The molecule has 0 saturated carbocycles. The Morgan fingerprint density at radius 3 is 2.72 bits per heavy atom. The fourth-order valence-corrected chi connectivity index (χ4v) is 3.13. The predicted octanol–water partition coefficient (Wildman–Crippen LogP) is 3.88. The minimum Gasteiger partial charge on any atom is -0.339 e. The van der Waals surface area contributed by atoms with Crippen LogP contribution in [0.5, 0.6) is 0 Å². The smallest absolute Gasteiger partial charge is 0.227 e. The molecule has 0 aliphatic rings. The normalized spacial score (nSPS) is 11.1. The second-order valence-electron chi connectivity index (χ2n) is 6.38. The minimum atomic E-state index is -0.396. The number of hydrogen-bond acceptors (Lipinski definition) is 5. The van der Waals surface area contributed by atoms with Gasteiger partial charge in [0.2, 0.25) is 17.6 Å². The van der Waals surface area contributed by atoms with Crippen LogP contribution in [0.3, 0.4) is 0 Å². The molecule has 2 aromatic heterocycles. The van der Waals surface area contributed by atoms with Gasteiger partial charge in [0.05, 0.1) is 17.1 Å². The van der Waals surface area contributed by atoms with Gasteiger partial charge in [-0.15, -0.1) is 0 Å². The third-order valence-corrected chi connectivity index (χ3v) is 4.58. The number of rotatable bonds is 6. The number of amides is 1. The van der Waals surface area contributed by atoms with Gasteiger partial charge in [-0.3, -0.25) is 9.89 Å². The maximum Gasteiger partial charge on any atom is 0.227 e. The number of halogens is 2. The van der Waals surface area contributed by atoms with Crippen LogP contribution in [-0.4, -0.2) is 32.8 Å². The van der Waals surface area contributed by atoms with Crippen molar-refractivity contribution in [2.45, 2.75) is 19.8 Å². The van der Waals surface area contributed by atoms with Crippen molar-refractivity contribution in [3.05, 3.63) is 60.1 Å². The van der Waals surface area contributed by atoms with E-state index in [-0.39, 0.29) is 30.4 Å². The topological polar surface area (TPSA) is 87.9 Å². The molecule has 2 aromatic carbocycles. The number of anilines is 1. The molecule has 0 aliphatic heterocycles. The summed E-state index contributed by atoms with van der Waals surface area (Å²) >= 11 is 0. The summed E-state index contributed by atoms with van der Waals surface area (Å²) in [6.45, 7) is 2.29. The zero-order valence-corrected chi connectivity index (χ0v) is 15.5. The minimum absolute atomic E-state index is 0.142. The van der Waals surface area contributed by atoms with E-state index in [4.69, 9.17) is 4.52 Å². The lowest BCUT2D eigenvalue weighted by Crippen LogP contribution is -2.30. The number of aromatic nitrogens is 4. The van der Waals surface area contributed by atoms with E-state index in [2.05, 4.69) is 20.3 Å². The Labute approximate surface area is 164 Å². The summed E-state index contributed by atoms with van der Waals surface area (Å²) in [5.41, 5.74) is 1.65. The van der Waals surface area contributed by atoms with Gasteiger partial charge < -0.3 is 9.42 Å². The van der Waals surface area contributed by atoms with Crippen LogP contribution in [0.2, 0.25) is 0 Å². The second kappa shape index (κ2) is 7.78. The van der Waals surface area contributed by atoms with Gasteiger partial charge in [-0.05, 0) is 43.3 Å².